The lowest BCUT2D eigenvalue weighted by molar-refractivity contribution is 0.000646. The van der Waals surface area contributed by atoms with Crippen LogP contribution in [0, 0.1) is 0 Å². The van der Waals surface area contributed by atoms with Crippen LogP contribution >= 0.6 is 0 Å². The molecule has 3 aromatic carbocycles. The van der Waals surface area contributed by atoms with E-state index in [0.717, 1.165) is 11.1 Å². The molecule has 3 N–H and O–H groups in total. The molecule has 0 aromatic heterocycles. The van der Waals surface area contributed by atoms with Crippen LogP contribution in [0.1, 0.15) is 50.0 Å². The number of ether oxygens (including phenoxy) is 3. The maximum atomic E-state index is 12.9. The van der Waals surface area contributed by atoms with Crippen molar-refractivity contribution in [3.63, 3.8) is 0 Å². The first-order valence-electron chi connectivity index (χ1n) is 13.2. The SMILES string of the molecule is COc1ccc(C(NC(=O)OCc2ccccc2)N(C[C@@H](O)CCc2ccccc2)NC(=O)OC(C)(C)C)cc1. The van der Waals surface area contributed by atoms with Gasteiger partial charge in [-0.1, -0.05) is 72.8 Å². The lowest BCUT2D eigenvalue weighted by atomic mass is 10.1. The quantitative estimate of drug-likeness (QED) is 0.206. The Morgan fingerprint density at radius 2 is 1.48 bits per heavy atom. The first kappa shape index (κ1) is 30.5. The largest absolute Gasteiger partial charge is 0.497 e. The third-order valence-corrected chi connectivity index (χ3v) is 5.86. The predicted octanol–water partition coefficient (Wildman–Crippen LogP) is 5.36. The van der Waals surface area contributed by atoms with E-state index in [1.54, 1.807) is 52.1 Å². The number of aryl methyl sites for hydroxylation is 1. The lowest BCUT2D eigenvalue weighted by Crippen LogP contribution is -2.54. The minimum absolute atomic E-state index is 0.00172. The molecule has 3 aromatic rings. The lowest BCUT2D eigenvalue weighted by Gasteiger charge is -2.34. The average Bonchev–Trinajstić information content (AvgIpc) is 2.93. The number of hydrogen-bond donors (Lipinski definition) is 3. The predicted molar refractivity (Wildman–Crippen MR) is 152 cm³/mol. The van der Waals surface area contributed by atoms with E-state index in [-0.39, 0.29) is 13.2 Å². The first-order valence-corrected chi connectivity index (χ1v) is 13.2. The Bertz CT molecular complexity index is 1180. The van der Waals surface area contributed by atoms with Crippen molar-refractivity contribution >= 4 is 12.2 Å². The molecule has 214 valence electrons. The van der Waals surface area contributed by atoms with E-state index in [0.29, 0.717) is 24.2 Å². The minimum atomic E-state index is -0.895. The highest BCUT2D eigenvalue weighted by molar-refractivity contribution is 5.69. The van der Waals surface area contributed by atoms with Crippen molar-refractivity contribution in [1.29, 1.82) is 0 Å². The highest BCUT2D eigenvalue weighted by Gasteiger charge is 2.29. The number of aliphatic hydroxyl groups excluding tert-OH is 1. The fourth-order valence-corrected chi connectivity index (χ4v) is 3.93. The summed E-state index contributed by atoms with van der Waals surface area (Å²) < 4.78 is 16.2. The molecule has 0 aliphatic carbocycles. The molecule has 3 rings (SSSR count). The monoisotopic (exact) mass is 549 g/mol. The van der Waals surface area contributed by atoms with Gasteiger partial charge in [0.05, 0.1) is 13.2 Å². The molecule has 0 bridgehead atoms. The second-order valence-corrected chi connectivity index (χ2v) is 10.3. The van der Waals surface area contributed by atoms with E-state index in [9.17, 15) is 14.7 Å². The molecule has 0 radical (unpaired) electrons. The molecular weight excluding hydrogens is 510 g/mol. The van der Waals surface area contributed by atoms with Gasteiger partial charge < -0.3 is 24.6 Å². The van der Waals surface area contributed by atoms with Gasteiger partial charge >= 0.3 is 12.2 Å². The van der Waals surface area contributed by atoms with Crippen molar-refractivity contribution in [3.05, 3.63) is 102 Å². The fraction of sp³-hybridized carbons (Fsp3) is 0.355. The Labute approximate surface area is 236 Å². The van der Waals surface area contributed by atoms with E-state index in [1.807, 2.05) is 60.7 Å². The number of rotatable bonds is 12. The maximum absolute atomic E-state index is 12.9. The Kier molecular flexibility index (Phi) is 11.4. The minimum Gasteiger partial charge on any atom is -0.497 e. The van der Waals surface area contributed by atoms with Crippen LogP contribution in [0.4, 0.5) is 9.59 Å². The number of hydrogen-bond acceptors (Lipinski definition) is 7. The maximum Gasteiger partial charge on any atom is 0.422 e. The molecule has 2 atom stereocenters. The summed E-state index contributed by atoms with van der Waals surface area (Å²) in [5.41, 5.74) is 4.52. The van der Waals surface area contributed by atoms with Gasteiger partial charge in [-0.05, 0) is 62.4 Å². The van der Waals surface area contributed by atoms with Gasteiger partial charge in [0.1, 0.15) is 24.1 Å². The number of hydrazine groups is 1. The van der Waals surface area contributed by atoms with Crippen LogP contribution in [0.3, 0.4) is 0 Å². The van der Waals surface area contributed by atoms with Crippen LogP contribution in [-0.2, 0) is 22.5 Å². The Morgan fingerprint density at radius 1 is 0.875 bits per heavy atom. The number of nitrogens with zero attached hydrogens (tertiary/aromatic N) is 1. The van der Waals surface area contributed by atoms with E-state index in [2.05, 4.69) is 10.7 Å². The number of aliphatic hydroxyl groups is 1. The molecule has 0 spiro atoms. The van der Waals surface area contributed by atoms with Gasteiger partial charge in [-0.3, -0.25) is 5.43 Å². The standard InChI is InChI=1S/C31H39N3O6/c1-31(2,3)40-30(37)33-34(21-26(35)18-15-23-11-7-5-8-12-23)28(25-16-19-27(38-4)20-17-25)32-29(36)39-22-24-13-9-6-10-14-24/h5-14,16-17,19-20,26,28,35H,15,18,21-22H2,1-4H3,(H,32,36)(H,33,37)/t26-,28?/m0/s1. The van der Waals surface area contributed by atoms with Crippen molar-refractivity contribution in [2.24, 2.45) is 0 Å². The third kappa shape index (κ3) is 10.6. The van der Waals surface area contributed by atoms with E-state index in [1.165, 1.54) is 5.01 Å². The number of carbonyl (C=O) groups excluding carboxylic acids is 2. The first-order chi connectivity index (χ1) is 19.1. The second-order valence-electron chi connectivity index (χ2n) is 10.3. The van der Waals surface area contributed by atoms with E-state index >= 15 is 0 Å². The number of carbonyl (C=O) groups is 2. The van der Waals surface area contributed by atoms with Crippen molar-refractivity contribution in [1.82, 2.24) is 15.8 Å². The molecule has 40 heavy (non-hydrogen) atoms. The van der Waals surface area contributed by atoms with Gasteiger partial charge in [0.15, 0.2) is 0 Å². The summed E-state index contributed by atoms with van der Waals surface area (Å²) in [5, 5.41) is 15.3. The second kappa shape index (κ2) is 14.9. The van der Waals surface area contributed by atoms with Crippen molar-refractivity contribution in [2.75, 3.05) is 13.7 Å². The van der Waals surface area contributed by atoms with Gasteiger partial charge in [0.25, 0.3) is 0 Å². The zero-order chi connectivity index (χ0) is 29.0. The van der Waals surface area contributed by atoms with Crippen LogP contribution < -0.4 is 15.5 Å². The van der Waals surface area contributed by atoms with Crippen LogP contribution in [0.2, 0.25) is 0 Å². The van der Waals surface area contributed by atoms with Crippen molar-refractivity contribution < 1.29 is 28.9 Å². The normalized spacial score (nSPS) is 12.8. The summed E-state index contributed by atoms with van der Waals surface area (Å²) in [5.74, 6) is 0.628. The molecule has 9 heteroatoms. The highest BCUT2D eigenvalue weighted by Crippen LogP contribution is 2.22. The van der Waals surface area contributed by atoms with Gasteiger partial charge in [-0.15, -0.1) is 0 Å². The smallest absolute Gasteiger partial charge is 0.422 e. The van der Waals surface area contributed by atoms with Crippen molar-refractivity contribution in [3.8, 4) is 5.75 Å². The fourth-order valence-electron chi connectivity index (χ4n) is 3.93. The van der Waals surface area contributed by atoms with Crippen LogP contribution in [0.15, 0.2) is 84.9 Å². The van der Waals surface area contributed by atoms with Gasteiger partial charge in [-0.2, -0.15) is 5.01 Å². The third-order valence-electron chi connectivity index (χ3n) is 5.86. The number of nitrogens with one attached hydrogen (secondary N) is 2. The average molecular weight is 550 g/mol. The van der Waals surface area contributed by atoms with E-state index < -0.39 is 30.1 Å². The Morgan fingerprint density at radius 3 is 2.05 bits per heavy atom. The molecule has 2 amide bonds. The van der Waals surface area contributed by atoms with Crippen molar-refractivity contribution in [2.45, 2.75) is 58.1 Å². The molecule has 0 saturated heterocycles. The summed E-state index contributed by atoms with van der Waals surface area (Å²) in [6, 6.07) is 26.2. The molecule has 0 heterocycles. The summed E-state index contributed by atoms with van der Waals surface area (Å²) in [4.78, 5) is 25.8. The van der Waals surface area contributed by atoms with Gasteiger partial charge in [0.2, 0.25) is 0 Å². The number of alkyl carbamates (subject to hydrolysis) is 1. The Balaban J connectivity index is 1.82. The molecule has 0 fully saturated rings. The molecule has 0 saturated carbocycles. The zero-order valence-electron chi connectivity index (χ0n) is 23.5. The molecular formula is C31H39N3O6. The summed E-state index contributed by atoms with van der Waals surface area (Å²) in [6.07, 6.45) is -2.07. The number of benzene rings is 3. The summed E-state index contributed by atoms with van der Waals surface area (Å²) >= 11 is 0. The number of methoxy groups -OCH3 is 1. The summed E-state index contributed by atoms with van der Waals surface area (Å²) in [7, 11) is 1.56. The highest BCUT2D eigenvalue weighted by atomic mass is 16.6. The molecule has 0 aliphatic heterocycles. The molecule has 0 aliphatic rings. The van der Waals surface area contributed by atoms with Gasteiger partial charge in [-0.25, -0.2) is 9.59 Å². The van der Waals surface area contributed by atoms with Gasteiger partial charge in [0, 0.05) is 6.54 Å². The van der Waals surface area contributed by atoms with E-state index in [4.69, 9.17) is 14.2 Å². The van der Waals surface area contributed by atoms with Crippen LogP contribution in [0.25, 0.3) is 0 Å². The molecule has 1 unspecified atom stereocenters. The molecule has 9 nitrogen and oxygen atoms in total. The zero-order valence-corrected chi connectivity index (χ0v) is 23.5. The Hall–Kier alpha value is -4.08. The topological polar surface area (TPSA) is 109 Å². The van der Waals surface area contributed by atoms with Crippen LogP contribution in [-0.4, -0.2) is 47.7 Å². The van der Waals surface area contributed by atoms with Crippen LogP contribution in [0.5, 0.6) is 5.75 Å². The number of amides is 2. The summed E-state index contributed by atoms with van der Waals surface area (Å²) in [6.45, 7) is 5.34.